The molecule has 0 spiro atoms. The van der Waals surface area contributed by atoms with Crippen molar-refractivity contribution in [3.8, 4) is 11.5 Å². The fourth-order valence-corrected chi connectivity index (χ4v) is 0.992. The topological polar surface area (TPSA) is 81.8 Å². The van der Waals surface area contributed by atoms with Gasteiger partial charge < -0.3 is 20.3 Å². The second-order valence-electron chi connectivity index (χ2n) is 2.48. The predicted molar refractivity (Wildman–Crippen MR) is 49.6 cm³/mol. The van der Waals surface area contributed by atoms with E-state index in [2.05, 4.69) is 5.73 Å². The van der Waals surface area contributed by atoms with Crippen LogP contribution in [0.1, 0.15) is 0 Å². The molecule has 14 heavy (non-hydrogen) atoms. The van der Waals surface area contributed by atoms with Gasteiger partial charge in [0, 0.05) is 0 Å². The Labute approximate surface area is 81.0 Å². The van der Waals surface area contributed by atoms with Crippen molar-refractivity contribution in [2.75, 3.05) is 13.2 Å². The van der Waals surface area contributed by atoms with Crippen LogP contribution in [0.5, 0.6) is 11.5 Å². The highest BCUT2D eigenvalue weighted by Gasteiger charge is 2.07. The number of nitrogens with two attached hydrogens (primary N) is 1. The van der Waals surface area contributed by atoms with E-state index in [1.54, 1.807) is 0 Å². The number of hydrogen-bond acceptors (Lipinski definition) is 3. The maximum absolute atomic E-state index is 8.78. The molecule has 0 atom stereocenters. The molecule has 1 heterocycles. The third-order valence-corrected chi connectivity index (χ3v) is 1.45. The average molecular weight is 197 g/mol. The molecule has 0 unspecified atom stereocenters. The molecule has 0 bridgehead atoms. The third kappa shape index (κ3) is 3.22. The number of ether oxygens (including phenoxy) is 2. The number of rotatable bonds is 0. The van der Waals surface area contributed by atoms with Crippen molar-refractivity contribution in [2.45, 2.75) is 0 Å². The zero-order valence-corrected chi connectivity index (χ0v) is 7.47. The van der Waals surface area contributed by atoms with Gasteiger partial charge in [0.2, 0.25) is 0 Å². The summed E-state index contributed by atoms with van der Waals surface area (Å²) in [6, 6.07) is 7.70. The van der Waals surface area contributed by atoms with Gasteiger partial charge in [0.05, 0.1) is 0 Å². The molecule has 0 aliphatic carbocycles. The molecule has 1 aliphatic heterocycles. The standard InChI is InChI=1S/C8H8O2.CH3NO2/c1-2-4-8-7(3-1)9-5-6-10-8;2-1(3)4/h1-4H,5-6H2;2H2,(H,3,4). The first-order valence-corrected chi connectivity index (χ1v) is 4.03. The van der Waals surface area contributed by atoms with Crippen LogP contribution in [0.2, 0.25) is 0 Å². The van der Waals surface area contributed by atoms with E-state index in [1.165, 1.54) is 0 Å². The molecule has 1 aliphatic rings. The molecular formula is C9H11NO4. The van der Waals surface area contributed by atoms with Crippen molar-refractivity contribution >= 4 is 6.09 Å². The Morgan fingerprint density at radius 2 is 1.57 bits per heavy atom. The fourth-order valence-electron chi connectivity index (χ4n) is 0.992. The first kappa shape index (κ1) is 10.2. The number of carboxylic acid groups (broad SMARTS) is 1. The SMILES string of the molecule is NC(=O)O.c1ccc2c(c1)OCCO2. The summed E-state index contributed by atoms with van der Waals surface area (Å²) in [6.07, 6.45) is -1.33. The van der Waals surface area contributed by atoms with E-state index < -0.39 is 6.09 Å². The lowest BCUT2D eigenvalue weighted by atomic mass is 10.3. The largest absolute Gasteiger partial charge is 0.486 e. The van der Waals surface area contributed by atoms with Crippen molar-refractivity contribution in [3.63, 3.8) is 0 Å². The lowest BCUT2D eigenvalue weighted by Gasteiger charge is -2.17. The minimum atomic E-state index is -1.33. The van der Waals surface area contributed by atoms with Crippen molar-refractivity contribution in [3.05, 3.63) is 24.3 Å². The second-order valence-corrected chi connectivity index (χ2v) is 2.48. The van der Waals surface area contributed by atoms with E-state index in [0.29, 0.717) is 13.2 Å². The van der Waals surface area contributed by atoms with Crippen LogP contribution in [0.25, 0.3) is 0 Å². The summed E-state index contributed by atoms with van der Waals surface area (Å²) in [6.45, 7) is 1.33. The number of primary amides is 1. The van der Waals surface area contributed by atoms with Gasteiger partial charge in [0.1, 0.15) is 13.2 Å². The summed E-state index contributed by atoms with van der Waals surface area (Å²) in [5.41, 5.74) is 4.03. The molecule has 1 aromatic rings. The molecule has 5 nitrogen and oxygen atoms in total. The summed E-state index contributed by atoms with van der Waals surface area (Å²) in [5.74, 6) is 1.71. The van der Waals surface area contributed by atoms with Crippen LogP contribution in [0, 0.1) is 0 Å². The average Bonchev–Trinajstić information content (AvgIpc) is 2.17. The van der Waals surface area contributed by atoms with Crippen LogP contribution in [-0.2, 0) is 0 Å². The number of hydrogen-bond donors (Lipinski definition) is 2. The first-order chi connectivity index (χ1) is 6.70. The van der Waals surface area contributed by atoms with Gasteiger partial charge in [-0.2, -0.15) is 0 Å². The molecule has 0 saturated heterocycles. The molecular weight excluding hydrogens is 186 g/mol. The van der Waals surface area contributed by atoms with Crippen LogP contribution in [0.3, 0.4) is 0 Å². The first-order valence-electron chi connectivity index (χ1n) is 4.03. The Hall–Kier alpha value is -1.91. The molecule has 0 saturated carbocycles. The Balaban J connectivity index is 0.000000213. The normalized spacial score (nSPS) is 12.3. The number of carbonyl (C=O) groups is 1. The maximum atomic E-state index is 8.78. The molecule has 3 N–H and O–H groups in total. The molecule has 2 rings (SSSR count). The molecule has 5 heteroatoms. The van der Waals surface area contributed by atoms with Crippen molar-refractivity contribution in [1.29, 1.82) is 0 Å². The maximum Gasteiger partial charge on any atom is 0.402 e. The van der Waals surface area contributed by atoms with E-state index >= 15 is 0 Å². The van der Waals surface area contributed by atoms with Gasteiger partial charge in [0.15, 0.2) is 11.5 Å². The van der Waals surface area contributed by atoms with Crippen LogP contribution >= 0.6 is 0 Å². The Kier molecular flexibility index (Phi) is 3.60. The second kappa shape index (κ2) is 4.96. The molecule has 1 aromatic carbocycles. The van der Waals surface area contributed by atoms with E-state index in [1.807, 2.05) is 24.3 Å². The lowest BCUT2D eigenvalue weighted by Crippen LogP contribution is -2.14. The minimum Gasteiger partial charge on any atom is -0.486 e. The zero-order valence-electron chi connectivity index (χ0n) is 7.47. The smallest absolute Gasteiger partial charge is 0.402 e. The third-order valence-electron chi connectivity index (χ3n) is 1.45. The minimum absolute atomic E-state index is 0.664. The van der Waals surface area contributed by atoms with Crippen LogP contribution in [-0.4, -0.2) is 24.4 Å². The van der Waals surface area contributed by atoms with E-state index in [0.717, 1.165) is 11.5 Å². The summed E-state index contributed by atoms with van der Waals surface area (Å²) in [7, 11) is 0. The van der Waals surface area contributed by atoms with Gasteiger partial charge in [0.25, 0.3) is 0 Å². The monoisotopic (exact) mass is 197 g/mol. The van der Waals surface area contributed by atoms with Crippen molar-refractivity contribution in [2.24, 2.45) is 5.73 Å². The fraction of sp³-hybridized carbons (Fsp3) is 0.222. The van der Waals surface area contributed by atoms with Crippen LogP contribution in [0.15, 0.2) is 24.3 Å². The van der Waals surface area contributed by atoms with Gasteiger partial charge in [-0.1, -0.05) is 12.1 Å². The van der Waals surface area contributed by atoms with E-state index in [-0.39, 0.29) is 0 Å². The van der Waals surface area contributed by atoms with Crippen molar-refractivity contribution in [1.82, 2.24) is 0 Å². The summed E-state index contributed by atoms with van der Waals surface area (Å²) in [4.78, 5) is 8.78. The Morgan fingerprint density at radius 1 is 1.21 bits per heavy atom. The number of benzene rings is 1. The highest BCUT2D eigenvalue weighted by molar-refractivity contribution is 5.61. The zero-order chi connectivity index (χ0) is 10.4. The highest BCUT2D eigenvalue weighted by Crippen LogP contribution is 2.28. The van der Waals surface area contributed by atoms with Crippen LogP contribution in [0.4, 0.5) is 4.79 Å². The van der Waals surface area contributed by atoms with Gasteiger partial charge >= 0.3 is 6.09 Å². The molecule has 0 aromatic heterocycles. The Bertz CT molecular complexity index is 284. The number of fused-ring (bicyclic) bond motifs is 1. The van der Waals surface area contributed by atoms with Gasteiger partial charge in [-0.25, -0.2) is 4.79 Å². The van der Waals surface area contributed by atoms with Gasteiger partial charge in [-0.15, -0.1) is 0 Å². The Morgan fingerprint density at radius 3 is 1.93 bits per heavy atom. The van der Waals surface area contributed by atoms with Gasteiger partial charge in [-0.3, -0.25) is 0 Å². The number of para-hydroxylation sites is 2. The summed E-state index contributed by atoms with van der Waals surface area (Å²) < 4.78 is 10.6. The van der Waals surface area contributed by atoms with E-state index in [9.17, 15) is 0 Å². The quantitative estimate of drug-likeness (QED) is 0.652. The molecule has 0 fully saturated rings. The van der Waals surface area contributed by atoms with Crippen LogP contribution < -0.4 is 15.2 Å². The number of amides is 1. The summed E-state index contributed by atoms with van der Waals surface area (Å²) in [5, 5.41) is 7.19. The van der Waals surface area contributed by atoms with Crippen molar-refractivity contribution < 1.29 is 19.4 Å². The predicted octanol–water partition coefficient (Wildman–Crippen LogP) is 1.08. The van der Waals surface area contributed by atoms with Gasteiger partial charge in [-0.05, 0) is 12.1 Å². The van der Waals surface area contributed by atoms with E-state index in [4.69, 9.17) is 19.4 Å². The summed E-state index contributed by atoms with van der Waals surface area (Å²) >= 11 is 0. The molecule has 76 valence electrons. The molecule has 0 radical (unpaired) electrons. The lowest BCUT2D eigenvalue weighted by molar-refractivity contribution is 0.171. The highest BCUT2D eigenvalue weighted by atomic mass is 16.6. The molecule has 1 amide bonds.